The molecule has 1 heterocycles. The van der Waals surface area contributed by atoms with Crippen molar-refractivity contribution in [3.05, 3.63) is 23.5 Å². The molecule has 1 aromatic rings. The van der Waals surface area contributed by atoms with E-state index in [4.69, 9.17) is 4.74 Å². The van der Waals surface area contributed by atoms with E-state index in [1.807, 2.05) is 10.8 Å². The number of rotatable bonds is 2. The number of aryl methyl sites for hydroxylation is 1. The van der Waals surface area contributed by atoms with E-state index in [9.17, 15) is 5.11 Å². The number of hydrogen-bond acceptors (Lipinski definition) is 2. The molecule has 1 aliphatic carbocycles. The van der Waals surface area contributed by atoms with E-state index in [-0.39, 0.29) is 6.10 Å². The first-order valence-corrected chi connectivity index (χ1v) is 5.17. The number of hydrogen-bond donors (Lipinski definition) is 1. The van der Waals surface area contributed by atoms with Crippen LogP contribution in [0.25, 0.3) is 0 Å². The van der Waals surface area contributed by atoms with E-state index >= 15 is 0 Å². The zero-order valence-corrected chi connectivity index (χ0v) is 8.57. The highest BCUT2D eigenvalue weighted by molar-refractivity contribution is 5.27. The van der Waals surface area contributed by atoms with Gasteiger partial charge in [0.2, 0.25) is 0 Å². The fraction of sp³-hybridized carbons (Fsp3) is 0.636. The van der Waals surface area contributed by atoms with Crippen LogP contribution in [0.1, 0.15) is 36.5 Å². The van der Waals surface area contributed by atoms with Crippen LogP contribution >= 0.6 is 0 Å². The van der Waals surface area contributed by atoms with Crippen molar-refractivity contribution in [2.45, 2.75) is 38.5 Å². The third kappa shape index (κ3) is 1.83. The number of ether oxygens (including phenoxy) is 1. The van der Waals surface area contributed by atoms with Crippen LogP contribution in [0.3, 0.4) is 0 Å². The molecule has 1 unspecified atom stereocenters. The maximum Gasteiger partial charge on any atom is 0.121 e. The molecule has 0 spiro atoms. The fourth-order valence-corrected chi connectivity index (χ4v) is 2.11. The van der Waals surface area contributed by atoms with Gasteiger partial charge in [-0.15, -0.1) is 0 Å². The lowest BCUT2D eigenvalue weighted by molar-refractivity contribution is 0.130. The highest BCUT2D eigenvalue weighted by atomic mass is 16.5. The second-order valence-electron chi connectivity index (χ2n) is 3.93. The largest absolute Gasteiger partial charge is 0.388 e. The Morgan fingerprint density at radius 2 is 2.36 bits per heavy atom. The van der Waals surface area contributed by atoms with Gasteiger partial charge in [-0.3, -0.25) is 0 Å². The summed E-state index contributed by atoms with van der Waals surface area (Å²) in [4.78, 5) is 0. The number of aliphatic hydroxyl groups is 1. The van der Waals surface area contributed by atoms with Gasteiger partial charge in [0.1, 0.15) is 6.73 Å². The van der Waals surface area contributed by atoms with Gasteiger partial charge in [0.15, 0.2) is 0 Å². The summed E-state index contributed by atoms with van der Waals surface area (Å²) in [5.41, 5.74) is 2.38. The summed E-state index contributed by atoms with van der Waals surface area (Å²) in [7, 11) is 1.68. The number of aliphatic hydroxyl groups excluding tert-OH is 1. The molecular formula is C11H17NO2. The molecule has 0 radical (unpaired) electrons. The van der Waals surface area contributed by atoms with Crippen LogP contribution in [0.4, 0.5) is 0 Å². The molecule has 1 aromatic heterocycles. The van der Waals surface area contributed by atoms with E-state index in [1.54, 1.807) is 7.11 Å². The van der Waals surface area contributed by atoms with Gasteiger partial charge in [0, 0.05) is 25.1 Å². The van der Waals surface area contributed by atoms with Crippen molar-refractivity contribution in [1.82, 2.24) is 4.57 Å². The van der Waals surface area contributed by atoms with E-state index in [0.29, 0.717) is 6.73 Å². The minimum atomic E-state index is -0.273. The predicted octanol–water partition coefficient (Wildman–Crippen LogP) is 1.85. The molecule has 0 aromatic carbocycles. The van der Waals surface area contributed by atoms with Crippen molar-refractivity contribution in [2.75, 3.05) is 7.11 Å². The second kappa shape index (κ2) is 4.15. The molecule has 0 amide bonds. The minimum Gasteiger partial charge on any atom is -0.388 e. The molecule has 0 bridgehead atoms. The molecule has 1 N–H and O–H groups in total. The lowest BCUT2D eigenvalue weighted by atomic mass is 10.1. The smallest absolute Gasteiger partial charge is 0.121 e. The summed E-state index contributed by atoms with van der Waals surface area (Å²) >= 11 is 0. The molecule has 0 aliphatic heterocycles. The van der Waals surface area contributed by atoms with Crippen molar-refractivity contribution in [1.29, 1.82) is 0 Å². The second-order valence-corrected chi connectivity index (χ2v) is 3.93. The lowest BCUT2D eigenvalue weighted by Gasteiger charge is -2.06. The molecule has 78 valence electrons. The maximum atomic E-state index is 9.87. The van der Waals surface area contributed by atoms with Crippen molar-refractivity contribution >= 4 is 0 Å². The van der Waals surface area contributed by atoms with Crippen LogP contribution in [0.2, 0.25) is 0 Å². The highest BCUT2D eigenvalue weighted by Crippen LogP contribution is 2.29. The Morgan fingerprint density at radius 3 is 3.14 bits per heavy atom. The summed E-state index contributed by atoms with van der Waals surface area (Å²) < 4.78 is 7.05. The summed E-state index contributed by atoms with van der Waals surface area (Å²) in [5.74, 6) is 0. The summed E-state index contributed by atoms with van der Waals surface area (Å²) in [6, 6.07) is 0. The van der Waals surface area contributed by atoms with Crippen molar-refractivity contribution < 1.29 is 9.84 Å². The lowest BCUT2D eigenvalue weighted by Crippen LogP contribution is -1.97. The predicted molar refractivity (Wildman–Crippen MR) is 54.0 cm³/mol. The molecular weight excluding hydrogens is 178 g/mol. The van der Waals surface area contributed by atoms with Crippen molar-refractivity contribution in [3.8, 4) is 0 Å². The van der Waals surface area contributed by atoms with Gasteiger partial charge >= 0.3 is 0 Å². The minimum absolute atomic E-state index is 0.273. The van der Waals surface area contributed by atoms with Crippen LogP contribution in [-0.4, -0.2) is 16.8 Å². The van der Waals surface area contributed by atoms with Gasteiger partial charge in [-0.1, -0.05) is 6.42 Å². The van der Waals surface area contributed by atoms with E-state index < -0.39 is 0 Å². The Labute approximate surface area is 84.3 Å². The first kappa shape index (κ1) is 9.74. The van der Waals surface area contributed by atoms with Gasteiger partial charge in [-0.2, -0.15) is 0 Å². The molecule has 1 atom stereocenters. The first-order chi connectivity index (χ1) is 6.81. The number of nitrogens with zero attached hydrogens (tertiary/aromatic N) is 1. The SMILES string of the molecule is COCn1cc2c(c1)C(O)CCCC2. The third-order valence-corrected chi connectivity index (χ3v) is 2.81. The number of aromatic nitrogens is 1. The first-order valence-electron chi connectivity index (χ1n) is 5.17. The normalized spacial score (nSPS) is 21.7. The maximum absolute atomic E-state index is 9.87. The number of fused-ring (bicyclic) bond motifs is 1. The van der Waals surface area contributed by atoms with Crippen LogP contribution in [0.5, 0.6) is 0 Å². The van der Waals surface area contributed by atoms with E-state index in [1.165, 1.54) is 12.0 Å². The van der Waals surface area contributed by atoms with Gasteiger partial charge in [0.05, 0.1) is 6.10 Å². The molecule has 3 nitrogen and oxygen atoms in total. The molecule has 3 heteroatoms. The third-order valence-electron chi connectivity index (χ3n) is 2.81. The molecule has 14 heavy (non-hydrogen) atoms. The Morgan fingerprint density at radius 1 is 1.50 bits per heavy atom. The zero-order chi connectivity index (χ0) is 9.97. The van der Waals surface area contributed by atoms with E-state index in [0.717, 1.165) is 24.8 Å². The van der Waals surface area contributed by atoms with Crippen LogP contribution in [0, 0.1) is 0 Å². The Hall–Kier alpha value is -0.800. The zero-order valence-electron chi connectivity index (χ0n) is 8.57. The molecule has 0 saturated carbocycles. The van der Waals surface area contributed by atoms with Gasteiger partial charge < -0.3 is 14.4 Å². The quantitative estimate of drug-likeness (QED) is 0.731. The molecule has 1 aliphatic rings. The van der Waals surface area contributed by atoms with Crippen LogP contribution in [-0.2, 0) is 17.9 Å². The van der Waals surface area contributed by atoms with Gasteiger partial charge in [-0.05, 0) is 24.8 Å². The average molecular weight is 195 g/mol. The monoisotopic (exact) mass is 195 g/mol. The average Bonchev–Trinajstić information content (AvgIpc) is 2.49. The van der Waals surface area contributed by atoms with Crippen LogP contribution < -0.4 is 0 Å². The Bertz CT molecular complexity index is 306. The Kier molecular flexibility index (Phi) is 2.89. The van der Waals surface area contributed by atoms with Gasteiger partial charge in [-0.25, -0.2) is 0 Å². The summed E-state index contributed by atoms with van der Waals surface area (Å²) in [6.45, 7) is 0.569. The van der Waals surface area contributed by atoms with Gasteiger partial charge in [0.25, 0.3) is 0 Å². The molecule has 0 saturated heterocycles. The standard InChI is InChI=1S/C11H17NO2/c1-14-8-12-6-9-4-2-3-5-11(13)10(9)7-12/h6-7,11,13H,2-5,8H2,1H3. The molecule has 0 fully saturated rings. The summed E-state index contributed by atoms with van der Waals surface area (Å²) in [6.07, 6.45) is 8.11. The highest BCUT2D eigenvalue weighted by Gasteiger charge is 2.17. The topological polar surface area (TPSA) is 34.4 Å². The number of methoxy groups -OCH3 is 1. The fourth-order valence-electron chi connectivity index (χ4n) is 2.11. The summed E-state index contributed by atoms with van der Waals surface area (Å²) in [5, 5.41) is 9.87. The van der Waals surface area contributed by atoms with Crippen molar-refractivity contribution in [2.24, 2.45) is 0 Å². The molecule has 2 rings (SSSR count). The Balaban J connectivity index is 2.24. The van der Waals surface area contributed by atoms with Crippen LogP contribution in [0.15, 0.2) is 12.4 Å². The van der Waals surface area contributed by atoms with Crippen molar-refractivity contribution in [3.63, 3.8) is 0 Å². The van der Waals surface area contributed by atoms with E-state index in [2.05, 4.69) is 6.20 Å².